The first kappa shape index (κ1) is 13.3. The van der Waals surface area contributed by atoms with Crippen LogP contribution in [-0.4, -0.2) is 21.9 Å². The van der Waals surface area contributed by atoms with E-state index in [1.807, 2.05) is 6.92 Å². The second-order valence-corrected chi connectivity index (χ2v) is 4.61. The predicted octanol–water partition coefficient (Wildman–Crippen LogP) is 1.74. The number of H-pyrrole nitrogens is 1. The standard InChI is InChI=1S/C13H17N3O3/c1-4-5-7(2)16-12(18)9-8(3)19-13-10(9)11(17)14-6-15-13/h6-7H,4-5H2,1-3H3,(H,16,18)(H,14,15,17)/t7-/m0/s1. The van der Waals surface area contributed by atoms with Gasteiger partial charge in [-0.15, -0.1) is 0 Å². The first-order chi connectivity index (χ1) is 9.04. The maximum absolute atomic E-state index is 12.2. The van der Waals surface area contributed by atoms with Gasteiger partial charge in [-0.25, -0.2) is 4.98 Å². The van der Waals surface area contributed by atoms with Crippen molar-refractivity contribution in [2.45, 2.75) is 39.7 Å². The summed E-state index contributed by atoms with van der Waals surface area (Å²) in [7, 11) is 0. The molecule has 0 saturated heterocycles. The van der Waals surface area contributed by atoms with Crippen molar-refractivity contribution in [3.8, 4) is 0 Å². The number of hydrogen-bond donors (Lipinski definition) is 2. The summed E-state index contributed by atoms with van der Waals surface area (Å²) < 4.78 is 5.35. The van der Waals surface area contributed by atoms with Gasteiger partial charge in [0.15, 0.2) is 0 Å². The highest BCUT2D eigenvalue weighted by Gasteiger charge is 2.22. The molecule has 0 aromatic carbocycles. The third kappa shape index (κ3) is 2.52. The normalized spacial score (nSPS) is 12.6. The zero-order chi connectivity index (χ0) is 14.0. The van der Waals surface area contributed by atoms with Crippen molar-refractivity contribution in [2.75, 3.05) is 0 Å². The number of nitrogens with one attached hydrogen (secondary N) is 2. The molecule has 0 aliphatic rings. The molecule has 0 fully saturated rings. The molecule has 1 atom stereocenters. The molecular formula is C13H17N3O3. The molecule has 2 rings (SSSR count). The SMILES string of the molecule is CCC[C@H](C)NC(=O)c1c(C)oc2nc[nH]c(=O)c12. The van der Waals surface area contributed by atoms with Crippen LogP contribution in [-0.2, 0) is 0 Å². The lowest BCUT2D eigenvalue weighted by atomic mass is 10.1. The molecule has 0 aliphatic carbocycles. The summed E-state index contributed by atoms with van der Waals surface area (Å²) in [6.07, 6.45) is 3.12. The minimum Gasteiger partial charge on any atom is -0.442 e. The molecule has 2 aromatic heterocycles. The van der Waals surface area contributed by atoms with E-state index in [-0.39, 0.29) is 34.2 Å². The Hall–Kier alpha value is -2.11. The van der Waals surface area contributed by atoms with Crippen molar-refractivity contribution in [2.24, 2.45) is 0 Å². The van der Waals surface area contributed by atoms with Gasteiger partial charge in [0.2, 0.25) is 5.71 Å². The van der Waals surface area contributed by atoms with E-state index in [0.717, 1.165) is 12.8 Å². The number of amides is 1. The average molecular weight is 263 g/mol. The zero-order valence-corrected chi connectivity index (χ0v) is 11.2. The Morgan fingerprint density at radius 1 is 1.58 bits per heavy atom. The van der Waals surface area contributed by atoms with E-state index in [0.29, 0.717) is 5.76 Å². The van der Waals surface area contributed by atoms with Gasteiger partial charge in [-0.3, -0.25) is 9.59 Å². The Kier molecular flexibility index (Phi) is 3.69. The number of hydrogen-bond acceptors (Lipinski definition) is 4. The van der Waals surface area contributed by atoms with Crippen molar-refractivity contribution in [3.05, 3.63) is 28.0 Å². The zero-order valence-electron chi connectivity index (χ0n) is 11.2. The van der Waals surface area contributed by atoms with Gasteiger partial charge < -0.3 is 14.7 Å². The van der Waals surface area contributed by atoms with Crippen LogP contribution >= 0.6 is 0 Å². The van der Waals surface area contributed by atoms with Crippen LogP contribution in [0.25, 0.3) is 11.1 Å². The number of carbonyl (C=O) groups excluding carboxylic acids is 1. The maximum Gasteiger partial charge on any atom is 0.262 e. The summed E-state index contributed by atoms with van der Waals surface area (Å²) in [6.45, 7) is 5.64. The Labute approximate surface area is 110 Å². The van der Waals surface area contributed by atoms with Crippen LogP contribution in [0.5, 0.6) is 0 Å². The molecule has 0 aliphatic heterocycles. The van der Waals surface area contributed by atoms with E-state index in [2.05, 4.69) is 22.2 Å². The third-order valence-corrected chi connectivity index (χ3v) is 3.00. The lowest BCUT2D eigenvalue weighted by molar-refractivity contribution is 0.0938. The topological polar surface area (TPSA) is 88.0 Å². The van der Waals surface area contributed by atoms with E-state index in [1.54, 1.807) is 6.92 Å². The number of fused-ring (bicyclic) bond motifs is 1. The molecule has 0 radical (unpaired) electrons. The van der Waals surface area contributed by atoms with Gasteiger partial charge in [-0.05, 0) is 20.3 Å². The summed E-state index contributed by atoms with van der Waals surface area (Å²) >= 11 is 0. The van der Waals surface area contributed by atoms with Crippen molar-refractivity contribution in [1.29, 1.82) is 0 Å². The van der Waals surface area contributed by atoms with Crippen LogP contribution in [0.15, 0.2) is 15.5 Å². The molecule has 6 nitrogen and oxygen atoms in total. The van der Waals surface area contributed by atoms with Gasteiger partial charge in [0.1, 0.15) is 11.1 Å². The van der Waals surface area contributed by atoms with Crippen LogP contribution in [0, 0.1) is 6.92 Å². The van der Waals surface area contributed by atoms with Gasteiger partial charge in [0.25, 0.3) is 11.5 Å². The molecule has 2 heterocycles. The van der Waals surface area contributed by atoms with Crippen LogP contribution in [0.2, 0.25) is 0 Å². The lowest BCUT2D eigenvalue weighted by Crippen LogP contribution is -2.33. The van der Waals surface area contributed by atoms with E-state index in [1.165, 1.54) is 6.33 Å². The number of carbonyl (C=O) groups is 1. The van der Waals surface area contributed by atoms with Gasteiger partial charge in [0.05, 0.1) is 11.9 Å². The Morgan fingerprint density at radius 2 is 2.32 bits per heavy atom. The number of aromatic nitrogens is 2. The predicted molar refractivity (Wildman–Crippen MR) is 71.2 cm³/mol. The van der Waals surface area contributed by atoms with E-state index in [9.17, 15) is 9.59 Å². The number of nitrogens with zero attached hydrogens (tertiary/aromatic N) is 1. The summed E-state index contributed by atoms with van der Waals surface area (Å²) in [4.78, 5) is 30.4. The monoisotopic (exact) mass is 263 g/mol. The van der Waals surface area contributed by atoms with Crippen molar-refractivity contribution >= 4 is 17.0 Å². The minimum absolute atomic E-state index is 0.0533. The molecule has 0 bridgehead atoms. The summed E-state index contributed by atoms with van der Waals surface area (Å²) in [5, 5.41) is 3.07. The van der Waals surface area contributed by atoms with Gasteiger partial charge in [-0.1, -0.05) is 13.3 Å². The van der Waals surface area contributed by atoms with Crippen molar-refractivity contribution in [3.63, 3.8) is 0 Å². The highest BCUT2D eigenvalue weighted by Crippen LogP contribution is 2.20. The number of furan rings is 1. The molecule has 19 heavy (non-hydrogen) atoms. The molecule has 6 heteroatoms. The van der Waals surface area contributed by atoms with Gasteiger partial charge in [-0.2, -0.15) is 0 Å². The van der Waals surface area contributed by atoms with E-state index in [4.69, 9.17) is 4.42 Å². The minimum atomic E-state index is -0.366. The first-order valence-electron chi connectivity index (χ1n) is 6.32. The largest absolute Gasteiger partial charge is 0.442 e. The van der Waals surface area contributed by atoms with Crippen molar-refractivity contribution in [1.82, 2.24) is 15.3 Å². The molecule has 102 valence electrons. The average Bonchev–Trinajstić information content (AvgIpc) is 2.67. The fourth-order valence-corrected chi connectivity index (χ4v) is 2.13. The summed E-state index contributed by atoms with van der Waals surface area (Å²) in [5.74, 6) is 0.107. The fourth-order valence-electron chi connectivity index (χ4n) is 2.13. The third-order valence-electron chi connectivity index (χ3n) is 3.00. The summed E-state index contributed by atoms with van der Waals surface area (Å²) in [6, 6.07) is 0.0533. The molecule has 1 amide bonds. The first-order valence-corrected chi connectivity index (χ1v) is 6.32. The molecule has 0 spiro atoms. The van der Waals surface area contributed by atoms with E-state index >= 15 is 0 Å². The smallest absolute Gasteiger partial charge is 0.262 e. The highest BCUT2D eigenvalue weighted by molar-refractivity contribution is 6.06. The maximum atomic E-state index is 12.2. The molecule has 0 unspecified atom stereocenters. The lowest BCUT2D eigenvalue weighted by Gasteiger charge is -2.12. The van der Waals surface area contributed by atoms with Crippen LogP contribution in [0.4, 0.5) is 0 Å². The quantitative estimate of drug-likeness (QED) is 0.879. The van der Waals surface area contributed by atoms with Crippen LogP contribution in [0.1, 0.15) is 42.8 Å². The van der Waals surface area contributed by atoms with E-state index < -0.39 is 0 Å². The van der Waals surface area contributed by atoms with Gasteiger partial charge in [0, 0.05) is 6.04 Å². The molecule has 2 N–H and O–H groups in total. The Balaban J connectivity index is 2.42. The van der Waals surface area contributed by atoms with Crippen LogP contribution < -0.4 is 10.9 Å². The van der Waals surface area contributed by atoms with Gasteiger partial charge >= 0.3 is 0 Å². The summed E-state index contributed by atoms with van der Waals surface area (Å²) in [5.41, 5.74) is 0.0944. The molecule has 0 saturated carbocycles. The number of rotatable bonds is 4. The number of aryl methyl sites for hydroxylation is 1. The second-order valence-electron chi connectivity index (χ2n) is 4.61. The van der Waals surface area contributed by atoms with Crippen molar-refractivity contribution < 1.29 is 9.21 Å². The fraction of sp³-hybridized carbons (Fsp3) is 0.462. The Morgan fingerprint density at radius 3 is 3.00 bits per heavy atom. The number of aromatic amines is 1. The second kappa shape index (κ2) is 5.26. The molecular weight excluding hydrogens is 246 g/mol. The highest BCUT2D eigenvalue weighted by atomic mass is 16.3. The Bertz CT molecular complexity index is 657. The van der Waals surface area contributed by atoms with Crippen LogP contribution in [0.3, 0.4) is 0 Å². The molecule has 2 aromatic rings.